The summed E-state index contributed by atoms with van der Waals surface area (Å²) in [5.41, 5.74) is 4.99. The molecule has 0 saturated heterocycles. The number of rotatable bonds is 12. The molecule has 0 aliphatic carbocycles. The van der Waals surface area contributed by atoms with Gasteiger partial charge in [0.15, 0.2) is 0 Å². The van der Waals surface area contributed by atoms with Gasteiger partial charge >= 0.3 is 11.9 Å². The molecule has 0 spiro atoms. The molecule has 0 radical (unpaired) electrons. The number of ether oxygens (including phenoxy) is 1. The maximum Gasteiger partial charge on any atom is 0.339 e. The fourth-order valence-electron chi connectivity index (χ4n) is 3.20. The third-order valence-corrected chi connectivity index (χ3v) is 4.99. The van der Waals surface area contributed by atoms with Gasteiger partial charge in [0.2, 0.25) is 0 Å². The lowest BCUT2D eigenvalue weighted by molar-refractivity contribution is 0.0390. The first-order valence-electron chi connectivity index (χ1n) is 11.2. The van der Waals surface area contributed by atoms with Crippen LogP contribution in [0, 0.1) is 0 Å². The Kier molecular flexibility index (Phi) is 12.1. The molecule has 1 rings (SSSR count). The van der Waals surface area contributed by atoms with Gasteiger partial charge in [0.25, 0.3) is 0 Å². The fourth-order valence-corrected chi connectivity index (χ4v) is 3.20. The Morgan fingerprint density at radius 3 is 1.91 bits per heavy atom. The molecule has 174 valence electrons. The third-order valence-electron chi connectivity index (χ3n) is 4.99. The first-order valence-corrected chi connectivity index (χ1v) is 11.2. The number of aromatic carboxylic acids is 1. The van der Waals surface area contributed by atoms with Crippen molar-refractivity contribution in [3.8, 4) is 0 Å². The Hall–Kier alpha value is -2.88. The van der Waals surface area contributed by atoms with Crippen LogP contribution in [0.2, 0.25) is 0 Å². The largest absolute Gasteiger partial charge is 0.478 e. The van der Waals surface area contributed by atoms with E-state index in [-0.39, 0.29) is 11.1 Å². The Balaban J connectivity index is 3.01. The summed E-state index contributed by atoms with van der Waals surface area (Å²) in [4.78, 5) is 24.3. The molecule has 0 saturated carbocycles. The smallest absolute Gasteiger partial charge is 0.339 e. The molecule has 0 aliphatic rings. The van der Waals surface area contributed by atoms with Crippen LogP contribution in [0.4, 0.5) is 0 Å². The van der Waals surface area contributed by atoms with E-state index in [1.807, 2.05) is 13.0 Å². The lowest BCUT2D eigenvalue weighted by atomic mass is 10.0. The Morgan fingerprint density at radius 2 is 1.38 bits per heavy atom. The van der Waals surface area contributed by atoms with Crippen LogP contribution in [-0.2, 0) is 4.74 Å². The van der Waals surface area contributed by atoms with Crippen LogP contribution in [0.5, 0.6) is 0 Å². The van der Waals surface area contributed by atoms with Crippen molar-refractivity contribution in [3.05, 3.63) is 82.0 Å². The number of esters is 1. The van der Waals surface area contributed by atoms with Gasteiger partial charge in [0.1, 0.15) is 6.10 Å². The van der Waals surface area contributed by atoms with Crippen molar-refractivity contribution >= 4 is 11.9 Å². The van der Waals surface area contributed by atoms with Gasteiger partial charge in [-0.3, -0.25) is 0 Å². The van der Waals surface area contributed by atoms with Gasteiger partial charge in [-0.25, -0.2) is 9.59 Å². The molecule has 1 aromatic rings. The summed E-state index contributed by atoms with van der Waals surface area (Å²) >= 11 is 0. The normalized spacial score (nSPS) is 12.7. The molecule has 4 nitrogen and oxygen atoms in total. The van der Waals surface area contributed by atoms with E-state index in [1.54, 1.807) is 12.1 Å². The molecule has 0 aromatic heterocycles. The summed E-state index contributed by atoms with van der Waals surface area (Å²) in [5.74, 6) is -1.76. The van der Waals surface area contributed by atoms with Gasteiger partial charge < -0.3 is 9.84 Å². The van der Waals surface area contributed by atoms with E-state index in [9.17, 15) is 14.7 Å². The van der Waals surface area contributed by atoms with Crippen molar-refractivity contribution in [1.82, 2.24) is 0 Å². The van der Waals surface area contributed by atoms with Crippen LogP contribution < -0.4 is 0 Å². The minimum Gasteiger partial charge on any atom is -0.478 e. The van der Waals surface area contributed by atoms with Crippen molar-refractivity contribution in [1.29, 1.82) is 0 Å². The van der Waals surface area contributed by atoms with E-state index >= 15 is 0 Å². The van der Waals surface area contributed by atoms with Crippen molar-refractivity contribution in [2.75, 3.05) is 0 Å². The first kappa shape index (κ1) is 27.2. The topological polar surface area (TPSA) is 63.6 Å². The van der Waals surface area contributed by atoms with Crippen molar-refractivity contribution in [2.24, 2.45) is 0 Å². The minimum absolute atomic E-state index is 0.0473. The van der Waals surface area contributed by atoms with Crippen LogP contribution in [0.1, 0.15) is 94.4 Å². The van der Waals surface area contributed by atoms with Gasteiger partial charge in [-0.05, 0) is 85.4 Å². The number of hydrogen-bond acceptors (Lipinski definition) is 3. The summed E-state index contributed by atoms with van der Waals surface area (Å²) in [6.45, 7) is 12.5. The second-order valence-corrected chi connectivity index (χ2v) is 8.73. The first-order chi connectivity index (χ1) is 15.1. The van der Waals surface area contributed by atoms with E-state index in [4.69, 9.17) is 4.74 Å². The van der Waals surface area contributed by atoms with Crippen molar-refractivity contribution < 1.29 is 19.4 Å². The van der Waals surface area contributed by atoms with Gasteiger partial charge in [-0.15, -0.1) is 0 Å². The number of carboxylic acid groups (broad SMARTS) is 1. The predicted octanol–water partition coefficient (Wildman–Crippen LogP) is 7.69. The summed E-state index contributed by atoms with van der Waals surface area (Å²) in [7, 11) is 0. The second kappa shape index (κ2) is 14.2. The fraction of sp³-hybridized carbons (Fsp3) is 0.429. The highest BCUT2D eigenvalue weighted by Crippen LogP contribution is 2.18. The molecule has 1 N–H and O–H groups in total. The molecule has 0 bridgehead atoms. The molecule has 0 heterocycles. The maximum atomic E-state index is 12.8. The zero-order chi connectivity index (χ0) is 24.1. The van der Waals surface area contributed by atoms with Crippen LogP contribution >= 0.6 is 0 Å². The Labute approximate surface area is 193 Å². The number of carboxylic acids is 1. The van der Waals surface area contributed by atoms with Gasteiger partial charge in [0, 0.05) is 6.42 Å². The standard InChI is InChI=1S/C28H38O4/c1-20(2)11-9-13-22(5)17-18-24(19-23(6)14-10-12-21(3)4)32-28(31)26-16-8-7-15-25(26)27(29)30/h7-8,11-12,15-17,19,24H,9-10,13-14,18H2,1-6H3,(H,29,30)/b22-17+,23-19+. The molecule has 1 unspecified atom stereocenters. The molecule has 1 atom stereocenters. The molecule has 1 aromatic carbocycles. The summed E-state index contributed by atoms with van der Waals surface area (Å²) in [6.07, 6.45) is 12.4. The summed E-state index contributed by atoms with van der Waals surface area (Å²) in [5, 5.41) is 9.39. The average molecular weight is 439 g/mol. The van der Waals surface area contributed by atoms with E-state index in [0.717, 1.165) is 31.3 Å². The molecule has 32 heavy (non-hydrogen) atoms. The quantitative estimate of drug-likeness (QED) is 0.268. The highest BCUT2D eigenvalue weighted by molar-refractivity contribution is 6.02. The Morgan fingerprint density at radius 1 is 0.844 bits per heavy atom. The van der Waals surface area contributed by atoms with E-state index in [1.165, 1.54) is 28.9 Å². The zero-order valence-electron chi connectivity index (χ0n) is 20.4. The van der Waals surface area contributed by atoms with Crippen LogP contribution in [0.15, 0.2) is 70.9 Å². The Bertz CT molecular complexity index is 892. The average Bonchev–Trinajstić information content (AvgIpc) is 2.71. The van der Waals surface area contributed by atoms with Gasteiger partial charge in [-0.1, -0.05) is 52.7 Å². The molecule has 0 fully saturated rings. The summed E-state index contributed by atoms with van der Waals surface area (Å²) < 4.78 is 5.77. The van der Waals surface area contributed by atoms with Gasteiger partial charge in [0.05, 0.1) is 11.1 Å². The van der Waals surface area contributed by atoms with Crippen LogP contribution in [0.3, 0.4) is 0 Å². The second-order valence-electron chi connectivity index (χ2n) is 8.73. The molecular weight excluding hydrogens is 400 g/mol. The number of carbonyl (C=O) groups excluding carboxylic acids is 1. The minimum atomic E-state index is -1.14. The lowest BCUT2D eigenvalue weighted by Crippen LogP contribution is -2.19. The highest BCUT2D eigenvalue weighted by Gasteiger charge is 2.20. The van der Waals surface area contributed by atoms with Crippen molar-refractivity contribution in [3.63, 3.8) is 0 Å². The van der Waals surface area contributed by atoms with Crippen LogP contribution in [-0.4, -0.2) is 23.1 Å². The predicted molar refractivity (Wildman–Crippen MR) is 132 cm³/mol. The third kappa shape index (κ3) is 10.9. The van der Waals surface area contributed by atoms with E-state index < -0.39 is 18.0 Å². The number of hydrogen-bond donors (Lipinski definition) is 1. The number of carbonyl (C=O) groups is 2. The van der Waals surface area contributed by atoms with Gasteiger partial charge in [-0.2, -0.15) is 0 Å². The van der Waals surface area contributed by atoms with E-state index in [2.05, 4.69) is 52.8 Å². The number of benzene rings is 1. The number of allylic oxidation sites excluding steroid dienone is 6. The lowest BCUT2D eigenvalue weighted by Gasteiger charge is -2.16. The SMILES string of the molecule is CC(C)=CCC/C(C)=C/CC(/C=C(\C)CCC=C(C)C)OC(=O)c1ccccc1C(=O)O. The molecule has 4 heteroatoms. The zero-order valence-corrected chi connectivity index (χ0v) is 20.4. The maximum absolute atomic E-state index is 12.8. The highest BCUT2D eigenvalue weighted by atomic mass is 16.5. The molecular formula is C28H38O4. The molecule has 0 amide bonds. The monoisotopic (exact) mass is 438 g/mol. The van der Waals surface area contributed by atoms with Crippen molar-refractivity contribution in [2.45, 2.75) is 79.8 Å². The summed E-state index contributed by atoms with van der Waals surface area (Å²) in [6, 6.07) is 6.16. The van der Waals surface area contributed by atoms with E-state index in [0.29, 0.717) is 6.42 Å². The van der Waals surface area contributed by atoms with Crippen LogP contribution in [0.25, 0.3) is 0 Å². The molecule has 0 aliphatic heterocycles.